The summed E-state index contributed by atoms with van der Waals surface area (Å²) >= 11 is 1.28. The Bertz CT molecular complexity index is 829. The zero-order valence-corrected chi connectivity index (χ0v) is 12.8. The molecule has 2 aromatic carbocycles. The van der Waals surface area contributed by atoms with Crippen LogP contribution in [0.5, 0.6) is 0 Å². The van der Waals surface area contributed by atoms with Gasteiger partial charge in [0, 0.05) is 5.56 Å². The second-order valence-corrected chi connectivity index (χ2v) is 5.63. The fraction of sp³-hybridized carbons (Fsp3) is 0.0625. The van der Waals surface area contributed by atoms with E-state index in [1.54, 1.807) is 18.2 Å². The number of halogens is 1. The van der Waals surface area contributed by atoms with Crippen LogP contribution in [0.25, 0.3) is 11.0 Å². The topological polar surface area (TPSA) is 70.1 Å². The zero-order chi connectivity index (χ0) is 16.1. The first-order valence-corrected chi connectivity index (χ1v) is 7.85. The monoisotopic (exact) mass is 328 g/mol. The number of hydrogen-bond donors (Lipinski definition) is 2. The highest BCUT2D eigenvalue weighted by Gasteiger charge is 2.06. The molecule has 0 fully saturated rings. The first-order chi connectivity index (χ1) is 11.2. The van der Waals surface area contributed by atoms with Gasteiger partial charge in [0.25, 0.3) is 5.91 Å². The molecule has 0 radical (unpaired) electrons. The van der Waals surface area contributed by atoms with Gasteiger partial charge in [-0.05, 0) is 18.2 Å². The average molecular weight is 328 g/mol. The summed E-state index contributed by atoms with van der Waals surface area (Å²) < 4.78 is 13.4. The molecule has 3 aromatic rings. The Morgan fingerprint density at radius 1 is 1.26 bits per heavy atom. The Hall–Kier alpha value is -2.67. The first kappa shape index (κ1) is 15.2. The molecule has 7 heteroatoms. The maximum Gasteiger partial charge on any atom is 0.250 e. The van der Waals surface area contributed by atoms with Crippen LogP contribution in [-0.4, -0.2) is 27.8 Å². The van der Waals surface area contributed by atoms with Gasteiger partial charge in [0.2, 0.25) is 0 Å². The molecular formula is C16H13FN4OS. The smallest absolute Gasteiger partial charge is 0.250 e. The van der Waals surface area contributed by atoms with Crippen LogP contribution in [-0.2, 0) is 4.79 Å². The molecule has 23 heavy (non-hydrogen) atoms. The number of para-hydroxylation sites is 2. The van der Waals surface area contributed by atoms with Crippen molar-refractivity contribution in [3.05, 3.63) is 59.9 Å². The van der Waals surface area contributed by atoms with Gasteiger partial charge in [0.1, 0.15) is 5.82 Å². The molecule has 5 nitrogen and oxygen atoms in total. The van der Waals surface area contributed by atoms with E-state index in [-0.39, 0.29) is 17.5 Å². The van der Waals surface area contributed by atoms with Crippen LogP contribution in [0.15, 0.2) is 58.8 Å². The molecule has 0 atom stereocenters. The van der Waals surface area contributed by atoms with Crippen molar-refractivity contribution < 1.29 is 9.18 Å². The summed E-state index contributed by atoms with van der Waals surface area (Å²) in [5.74, 6) is -0.515. The average Bonchev–Trinajstić information content (AvgIpc) is 2.98. The predicted octanol–water partition coefficient (Wildman–Crippen LogP) is 2.94. The normalized spacial score (nSPS) is 11.2. The SMILES string of the molecule is O=C(CSc1nc2ccccc2[nH]1)NN=Cc1ccccc1F. The molecule has 0 aliphatic rings. The number of imidazole rings is 1. The number of thioether (sulfide) groups is 1. The van der Waals surface area contributed by atoms with Crippen LogP contribution in [0.4, 0.5) is 4.39 Å². The van der Waals surface area contributed by atoms with Crippen molar-refractivity contribution in [1.82, 2.24) is 15.4 Å². The van der Waals surface area contributed by atoms with Gasteiger partial charge in [-0.1, -0.05) is 42.1 Å². The number of carbonyl (C=O) groups excluding carboxylic acids is 1. The fourth-order valence-corrected chi connectivity index (χ4v) is 2.59. The molecule has 0 aliphatic carbocycles. The highest BCUT2D eigenvalue weighted by atomic mass is 32.2. The third kappa shape index (κ3) is 3.95. The van der Waals surface area contributed by atoms with Crippen LogP contribution in [0.3, 0.4) is 0 Å². The van der Waals surface area contributed by atoms with Crippen molar-refractivity contribution in [1.29, 1.82) is 0 Å². The van der Waals surface area contributed by atoms with E-state index in [1.165, 1.54) is 24.0 Å². The fourth-order valence-electron chi connectivity index (χ4n) is 1.92. The second kappa shape index (κ2) is 7.06. The summed E-state index contributed by atoms with van der Waals surface area (Å²) in [7, 11) is 0. The summed E-state index contributed by atoms with van der Waals surface area (Å²) in [6, 6.07) is 13.8. The Morgan fingerprint density at radius 2 is 2.04 bits per heavy atom. The van der Waals surface area contributed by atoms with E-state index in [9.17, 15) is 9.18 Å². The summed E-state index contributed by atoms with van der Waals surface area (Å²) in [5.41, 5.74) is 4.46. The number of amides is 1. The van der Waals surface area contributed by atoms with Crippen molar-refractivity contribution in [2.24, 2.45) is 5.10 Å². The summed E-state index contributed by atoms with van der Waals surface area (Å²) in [6.45, 7) is 0. The standard InChI is InChI=1S/C16H13FN4OS/c17-12-6-2-1-5-11(12)9-18-21-15(22)10-23-16-19-13-7-3-4-8-14(13)20-16/h1-9H,10H2,(H,19,20)(H,21,22). The van der Waals surface area contributed by atoms with E-state index in [4.69, 9.17) is 0 Å². The number of H-pyrrole nitrogens is 1. The number of aromatic nitrogens is 2. The summed E-state index contributed by atoms with van der Waals surface area (Å²) in [5, 5.41) is 4.42. The van der Waals surface area contributed by atoms with Crippen LogP contribution in [0.1, 0.15) is 5.56 Å². The number of aromatic amines is 1. The molecule has 1 heterocycles. The van der Waals surface area contributed by atoms with Gasteiger partial charge < -0.3 is 4.98 Å². The van der Waals surface area contributed by atoms with Crippen molar-refractivity contribution in [3.63, 3.8) is 0 Å². The molecule has 1 amide bonds. The number of hydrogen-bond acceptors (Lipinski definition) is 4. The molecule has 2 N–H and O–H groups in total. The maximum atomic E-state index is 13.4. The Kier molecular flexibility index (Phi) is 4.68. The van der Waals surface area contributed by atoms with E-state index in [0.717, 1.165) is 11.0 Å². The molecule has 0 bridgehead atoms. The lowest BCUT2D eigenvalue weighted by atomic mass is 10.2. The number of rotatable bonds is 5. The van der Waals surface area contributed by atoms with Crippen molar-refractivity contribution in [2.75, 3.05) is 5.75 Å². The van der Waals surface area contributed by atoms with Gasteiger partial charge in [-0.2, -0.15) is 5.10 Å². The molecule has 0 saturated heterocycles. The Morgan fingerprint density at radius 3 is 2.87 bits per heavy atom. The molecule has 1 aromatic heterocycles. The third-order valence-electron chi connectivity index (χ3n) is 3.01. The predicted molar refractivity (Wildman–Crippen MR) is 89.0 cm³/mol. The number of benzene rings is 2. The van der Waals surface area contributed by atoms with Crippen LogP contribution in [0, 0.1) is 5.82 Å². The lowest BCUT2D eigenvalue weighted by Crippen LogP contribution is -2.19. The minimum Gasteiger partial charge on any atom is -0.333 e. The van der Waals surface area contributed by atoms with Crippen LogP contribution in [0.2, 0.25) is 0 Å². The number of hydrazone groups is 1. The molecule has 0 aliphatic heterocycles. The number of nitrogens with one attached hydrogen (secondary N) is 2. The first-order valence-electron chi connectivity index (χ1n) is 6.86. The molecule has 116 valence electrons. The minimum atomic E-state index is -0.387. The zero-order valence-electron chi connectivity index (χ0n) is 12.0. The minimum absolute atomic E-state index is 0.161. The van der Waals surface area contributed by atoms with Gasteiger partial charge >= 0.3 is 0 Å². The van der Waals surface area contributed by atoms with Gasteiger partial charge in [-0.25, -0.2) is 14.8 Å². The van der Waals surface area contributed by atoms with Gasteiger partial charge in [0.15, 0.2) is 5.16 Å². The Labute approximate surface area is 136 Å². The summed E-state index contributed by atoms with van der Waals surface area (Å²) in [6.07, 6.45) is 1.28. The number of nitrogens with zero attached hydrogens (tertiary/aromatic N) is 2. The molecule has 0 spiro atoms. The van der Waals surface area contributed by atoms with E-state index in [1.807, 2.05) is 24.3 Å². The third-order valence-corrected chi connectivity index (χ3v) is 3.88. The lowest BCUT2D eigenvalue weighted by Gasteiger charge is -1.98. The lowest BCUT2D eigenvalue weighted by molar-refractivity contribution is -0.118. The van der Waals surface area contributed by atoms with Crippen LogP contribution < -0.4 is 5.43 Å². The van der Waals surface area contributed by atoms with E-state index < -0.39 is 0 Å². The molecular weight excluding hydrogens is 315 g/mol. The summed E-state index contributed by atoms with van der Waals surface area (Å²) in [4.78, 5) is 19.2. The molecule has 3 rings (SSSR count). The van der Waals surface area contributed by atoms with Gasteiger partial charge in [-0.15, -0.1) is 0 Å². The largest absolute Gasteiger partial charge is 0.333 e. The van der Waals surface area contributed by atoms with E-state index in [2.05, 4.69) is 20.5 Å². The number of fused-ring (bicyclic) bond motifs is 1. The van der Waals surface area contributed by atoms with E-state index >= 15 is 0 Å². The van der Waals surface area contributed by atoms with Crippen molar-refractivity contribution in [3.8, 4) is 0 Å². The molecule has 0 unspecified atom stereocenters. The molecule has 0 saturated carbocycles. The quantitative estimate of drug-likeness (QED) is 0.430. The van der Waals surface area contributed by atoms with Crippen LogP contribution >= 0.6 is 11.8 Å². The highest BCUT2D eigenvalue weighted by molar-refractivity contribution is 7.99. The number of carbonyl (C=O) groups is 1. The maximum absolute atomic E-state index is 13.4. The van der Waals surface area contributed by atoms with E-state index in [0.29, 0.717) is 10.7 Å². The second-order valence-electron chi connectivity index (χ2n) is 4.66. The van der Waals surface area contributed by atoms with Gasteiger partial charge in [-0.3, -0.25) is 4.79 Å². The van der Waals surface area contributed by atoms with Crippen molar-refractivity contribution in [2.45, 2.75) is 5.16 Å². The highest BCUT2D eigenvalue weighted by Crippen LogP contribution is 2.18. The van der Waals surface area contributed by atoms with Crippen molar-refractivity contribution >= 4 is 34.9 Å². The van der Waals surface area contributed by atoms with Gasteiger partial charge in [0.05, 0.1) is 23.0 Å². The Balaban J connectivity index is 1.52.